The first-order valence-corrected chi connectivity index (χ1v) is 12.2. The van der Waals surface area contributed by atoms with Gasteiger partial charge in [0, 0.05) is 42.8 Å². The Kier molecular flexibility index (Phi) is 4.90. The van der Waals surface area contributed by atoms with E-state index in [1.807, 2.05) is 13.0 Å². The number of rotatable bonds is 4. The van der Waals surface area contributed by atoms with E-state index in [1.165, 1.54) is 39.7 Å². The fourth-order valence-corrected chi connectivity index (χ4v) is 5.66. The number of fused-ring (bicyclic) bond motifs is 2. The molecule has 4 aromatic rings. The minimum Gasteiger partial charge on any atom is -0.350 e. The topological polar surface area (TPSA) is 122 Å². The highest BCUT2D eigenvalue weighted by molar-refractivity contribution is 7.92. The number of nitrogens with zero attached hydrogens (tertiary/aromatic N) is 6. The fourth-order valence-electron chi connectivity index (χ4n) is 3.70. The van der Waals surface area contributed by atoms with Crippen LogP contribution < -0.4 is 15.2 Å². The summed E-state index contributed by atoms with van der Waals surface area (Å²) in [5, 5.41) is 6.71. The number of anilines is 2. The molecule has 4 aromatic heterocycles. The van der Waals surface area contributed by atoms with Gasteiger partial charge >= 0.3 is 0 Å². The molecule has 0 aromatic carbocycles. The van der Waals surface area contributed by atoms with Crippen LogP contribution in [0.2, 0.25) is 0 Å². The third-order valence-electron chi connectivity index (χ3n) is 5.21. The van der Waals surface area contributed by atoms with E-state index in [2.05, 4.69) is 29.7 Å². The number of hydrogen-bond acceptors (Lipinski definition) is 9. The lowest BCUT2D eigenvalue weighted by atomic mass is 10.0. The SMILES string of the molecule is Cc1nc(S(=O)(=O)Nc2cnc3c(c2)CN(c2nn4c(=O)ccnc4cc2C)CC3)cs1. The molecular formula is C20H19N7O3S2. The zero-order valence-corrected chi connectivity index (χ0v) is 18.9. The molecule has 0 radical (unpaired) electrons. The van der Waals surface area contributed by atoms with E-state index in [0.29, 0.717) is 41.7 Å². The van der Waals surface area contributed by atoms with Crippen molar-refractivity contribution >= 4 is 38.5 Å². The summed E-state index contributed by atoms with van der Waals surface area (Å²) in [6, 6.07) is 4.99. The highest BCUT2D eigenvalue weighted by Gasteiger charge is 2.23. The molecule has 0 bridgehead atoms. The number of sulfonamides is 1. The average Bonchev–Trinajstić information content (AvgIpc) is 3.20. The van der Waals surface area contributed by atoms with Crippen LogP contribution in [-0.4, -0.2) is 39.5 Å². The molecule has 10 nitrogen and oxygen atoms in total. The van der Waals surface area contributed by atoms with Crippen molar-refractivity contribution in [2.75, 3.05) is 16.2 Å². The number of aromatic nitrogens is 5. The number of hydrogen-bond donors (Lipinski definition) is 1. The molecule has 0 unspecified atom stereocenters. The minimum absolute atomic E-state index is 0.00520. The Bertz CT molecular complexity index is 1510. The van der Waals surface area contributed by atoms with E-state index in [4.69, 9.17) is 0 Å². The number of aryl methyl sites for hydroxylation is 2. The lowest BCUT2D eigenvalue weighted by Crippen LogP contribution is -2.33. The first-order valence-electron chi connectivity index (χ1n) is 9.83. The first-order chi connectivity index (χ1) is 15.3. The molecule has 32 heavy (non-hydrogen) atoms. The predicted molar refractivity (Wildman–Crippen MR) is 121 cm³/mol. The largest absolute Gasteiger partial charge is 0.350 e. The quantitative estimate of drug-likeness (QED) is 0.481. The summed E-state index contributed by atoms with van der Waals surface area (Å²) in [6.07, 6.45) is 3.67. The minimum atomic E-state index is -3.78. The van der Waals surface area contributed by atoms with Gasteiger partial charge in [0.15, 0.2) is 16.5 Å². The van der Waals surface area contributed by atoms with Gasteiger partial charge < -0.3 is 4.90 Å². The Balaban J connectivity index is 1.45. The van der Waals surface area contributed by atoms with Crippen molar-refractivity contribution in [2.45, 2.75) is 31.8 Å². The number of pyridine rings is 1. The Morgan fingerprint density at radius 3 is 2.81 bits per heavy atom. The monoisotopic (exact) mass is 469 g/mol. The van der Waals surface area contributed by atoms with Crippen molar-refractivity contribution < 1.29 is 8.42 Å². The molecule has 0 atom stereocenters. The number of thiazole rings is 1. The molecular weight excluding hydrogens is 450 g/mol. The van der Waals surface area contributed by atoms with E-state index in [0.717, 1.165) is 16.8 Å². The van der Waals surface area contributed by atoms with Gasteiger partial charge in [0.2, 0.25) is 0 Å². The van der Waals surface area contributed by atoms with Crippen LogP contribution >= 0.6 is 11.3 Å². The lowest BCUT2D eigenvalue weighted by Gasteiger charge is -2.30. The van der Waals surface area contributed by atoms with Crippen molar-refractivity contribution in [3.05, 3.63) is 68.2 Å². The van der Waals surface area contributed by atoms with Crippen LogP contribution in [0, 0.1) is 13.8 Å². The molecule has 0 amide bonds. The molecule has 1 N–H and O–H groups in total. The summed E-state index contributed by atoms with van der Waals surface area (Å²) >= 11 is 1.28. The summed E-state index contributed by atoms with van der Waals surface area (Å²) in [6.45, 7) is 4.85. The van der Waals surface area contributed by atoms with Crippen LogP contribution in [-0.2, 0) is 23.0 Å². The molecule has 12 heteroatoms. The number of nitrogens with one attached hydrogen (secondary N) is 1. The standard InChI is InChI=1S/C20H19N7O3S2/c1-12-7-17-21-5-3-19(28)27(17)24-20(12)26-6-4-16-14(10-26)8-15(9-22-16)25-32(29,30)18-11-31-13(2)23-18/h3,5,7-9,11,25H,4,6,10H2,1-2H3. The highest BCUT2D eigenvalue weighted by Crippen LogP contribution is 2.27. The van der Waals surface area contributed by atoms with Gasteiger partial charge in [0.1, 0.15) is 0 Å². The zero-order chi connectivity index (χ0) is 22.5. The molecule has 0 saturated carbocycles. The van der Waals surface area contributed by atoms with Gasteiger partial charge in [-0.25, -0.2) is 9.97 Å². The van der Waals surface area contributed by atoms with E-state index < -0.39 is 10.0 Å². The van der Waals surface area contributed by atoms with Gasteiger partial charge in [0.05, 0.1) is 16.9 Å². The summed E-state index contributed by atoms with van der Waals surface area (Å²) in [5.41, 5.74) is 3.32. The van der Waals surface area contributed by atoms with E-state index >= 15 is 0 Å². The zero-order valence-electron chi connectivity index (χ0n) is 17.3. The van der Waals surface area contributed by atoms with E-state index in [-0.39, 0.29) is 10.6 Å². The maximum atomic E-state index is 12.6. The summed E-state index contributed by atoms with van der Waals surface area (Å²) in [5.74, 6) is 0.683. The van der Waals surface area contributed by atoms with Crippen molar-refractivity contribution in [1.82, 2.24) is 24.6 Å². The van der Waals surface area contributed by atoms with Crippen molar-refractivity contribution in [2.24, 2.45) is 0 Å². The van der Waals surface area contributed by atoms with Crippen LogP contribution in [0.25, 0.3) is 5.65 Å². The Labute approximate surface area is 187 Å². The molecule has 0 fully saturated rings. The summed E-state index contributed by atoms with van der Waals surface area (Å²) in [4.78, 5) is 27.0. The van der Waals surface area contributed by atoms with Gasteiger partial charge in [0.25, 0.3) is 15.6 Å². The Hall–Kier alpha value is -3.38. The van der Waals surface area contributed by atoms with Gasteiger partial charge in [-0.3, -0.25) is 14.5 Å². The van der Waals surface area contributed by atoms with Gasteiger partial charge in [-0.05, 0) is 37.1 Å². The smallest absolute Gasteiger partial charge is 0.280 e. The van der Waals surface area contributed by atoms with Crippen LogP contribution in [0.1, 0.15) is 21.8 Å². The maximum absolute atomic E-state index is 12.6. The molecule has 5 rings (SSSR count). The van der Waals surface area contributed by atoms with Crippen molar-refractivity contribution in [1.29, 1.82) is 0 Å². The normalized spacial score (nSPS) is 13.9. The second-order valence-corrected chi connectivity index (χ2v) is 10.2. The van der Waals surface area contributed by atoms with E-state index in [9.17, 15) is 13.2 Å². The summed E-state index contributed by atoms with van der Waals surface area (Å²) in [7, 11) is -3.78. The highest BCUT2D eigenvalue weighted by atomic mass is 32.2. The van der Waals surface area contributed by atoms with Crippen LogP contribution in [0.4, 0.5) is 11.5 Å². The average molecular weight is 470 g/mol. The molecule has 0 saturated heterocycles. The Morgan fingerprint density at radius 1 is 1.19 bits per heavy atom. The molecule has 0 aliphatic carbocycles. The fraction of sp³-hybridized carbons (Fsp3) is 0.250. The van der Waals surface area contributed by atoms with E-state index in [1.54, 1.807) is 13.0 Å². The molecule has 0 spiro atoms. The molecule has 1 aliphatic rings. The van der Waals surface area contributed by atoms with Crippen molar-refractivity contribution in [3.8, 4) is 0 Å². The lowest BCUT2D eigenvalue weighted by molar-refractivity contribution is 0.598. The van der Waals surface area contributed by atoms with Gasteiger partial charge in [-0.15, -0.1) is 16.4 Å². The Morgan fingerprint density at radius 2 is 2.03 bits per heavy atom. The van der Waals surface area contributed by atoms with Crippen LogP contribution in [0.5, 0.6) is 0 Å². The van der Waals surface area contributed by atoms with Crippen LogP contribution in [0.3, 0.4) is 0 Å². The molecule has 5 heterocycles. The van der Waals surface area contributed by atoms with Gasteiger partial charge in [-0.1, -0.05) is 0 Å². The van der Waals surface area contributed by atoms with Crippen molar-refractivity contribution in [3.63, 3.8) is 0 Å². The first kappa shape index (κ1) is 20.5. The van der Waals surface area contributed by atoms with Crippen LogP contribution in [0.15, 0.2) is 45.8 Å². The third kappa shape index (κ3) is 3.71. The second kappa shape index (κ2) is 7.64. The second-order valence-electron chi connectivity index (χ2n) is 7.52. The molecule has 1 aliphatic heterocycles. The molecule has 164 valence electrons. The predicted octanol–water partition coefficient (Wildman–Crippen LogP) is 1.92. The summed E-state index contributed by atoms with van der Waals surface area (Å²) < 4.78 is 29.1. The third-order valence-corrected chi connectivity index (χ3v) is 7.39. The maximum Gasteiger partial charge on any atom is 0.280 e. The van der Waals surface area contributed by atoms with Gasteiger partial charge in [-0.2, -0.15) is 12.9 Å².